The Hall–Kier alpha value is -2.08. The number of hydrogen-bond acceptors (Lipinski definition) is 3. The Bertz CT molecular complexity index is 634. The van der Waals surface area contributed by atoms with Crippen LogP contribution in [-0.4, -0.2) is 56.5 Å². The number of anilines is 1. The van der Waals surface area contributed by atoms with Gasteiger partial charge in [-0.1, -0.05) is 12.1 Å². The minimum absolute atomic E-state index is 0.230. The molecule has 1 amide bonds. The van der Waals surface area contributed by atoms with Crippen molar-refractivity contribution in [1.82, 2.24) is 15.5 Å². The molecule has 2 heterocycles. The summed E-state index contributed by atoms with van der Waals surface area (Å²) < 4.78 is 0. The van der Waals surface area contributed by atoms with Crippen molar-refractivity contribution in [2.24, 2.45) is 10.9 Å². The molecule has 0 aliphatic carbocycles. The molecular formula is C21H33N5O. The molecule has 0 bridgehead atoms. The van der Waals surface area contributed by atoms with Gasteiger partial charge in [0.15, 0.2) is 5.96 Å². The predicted molar refractivity (Wildman–Crippen MR) is 111 cm³/mol. The lowest BCUT2D eigenvalue weighted by Crippen LogP contribution is -2.42. The lowest BCUT2D eigenvalue weighted by atomic mass is 9.97. The first-order valence-electron chi connectivity index (χ1n) is 10.3. The molecular weight excluding hydrogens is 338 g/mol. The maximum atomic E-state index is 11.9. The SMILES string of the molecule is CCNC(=NCc1ccc(N2CCCC2=O)cc1)NCC1CCN(C)CC1. The van der Waals surface area contributed by atoms with Crippen LogP contribution in [0.2, 0.25) is 0 Å². The van der Waals surface area contributed by atoms with E-state index < -0.39 is 0 Å². The molecule has 0 radical (unpaired) electrons. The van der Waals surface area contributed by atoms with Crippen molar-refractivity contribution < 1.29 is 4.79 Å². The summed E-state index contributed by atoms with van der Waals surface area (Å²) in [5, 5.41) is 6.84. The minimum atomic E-state index is 0.230. The lowest BCUT2D eigenvalue weighted by molar-refractivity contribution is -0.117. The van der Waals surface area contributed by atoms with Gasteiger partial charge in [0.05, 0.1) is 6.54 Å². The Morgan fingerprint density at radius 3 is 2.52 bits per heavy atom. The first-order chi connectivity index (χ1) is 13.2. The summed E-state index contributed by atoms with van der Waals surface area (Å²) in [4.78, 5) is 20.9. The van der Waals surface area contributed by atoms with Crippen molar-refractivity contribution in [3.63, 3.8) is 0 Å². The highest BCUT2D eigenvalue weighted by atomic mass is 16.2. The van der Waals surface area contributed by atoms with Crippen LogP contribution in [0.1, 0.15) is 38.2 Å². The second-order valence-electron chi connectivity index (χ2n) is 7.64. The fourth-order valence-electron chi connectivity index (χ4n) is 3.72. The average Bonchev–Trinajstić information content (AvgIpc) is 3.11. The third-order valence-electron chi connectivity index (χ3n) is 5.48. The van der Waals surface area contributed by atoms with Crippen LogP contribution < -0.4 is 15.5 Å². The van der Waals surface area contributed by atoms with Crippen LogP contribution in [-0.2, 0) is 11.3 Å². The number of carbonyl (C=O) groups is 1. The number of piperidine rings is 1. The van der Waals surface area contributed by atoms with Gasteiger partial charge >= 0.3 is 0 Å². The van der Waals surface area contributed by atoms with Crippen molar-refractivity contribution in [2.45, 2.75) is 39.2 Å². The van der Waals surface area contributed by atoms with Gasteiger partial charge in [-0.2, -0.15) is 0 Å². The summed E-state index contributed by atoms with van der Waals surface area (Å²) in [6, 6.07) is 8.22. The monoisotopic (exact) mass is 371 g/mol. The summed E-state index contributed by atoms with van der Waals surface area (Å²) in [5.74, 6) is 1.84. The Kier molecular flexibility index (Phi) is 7.10. The van der Waals surface area contributed by atoms with Gasteiger partial charge in [0.2, 0.25) is 5.91 Å². The van der Waals surface area contributed by atoms with Crippen molar-refractivity contribution in [3.8, 4) is 0 Å². The number of aliphatic imine (C=N–C) groups is 1. The van der Waals surface area contributed by atoms with E-state index in [9.17, 15) is 4.79 Å². The predicted octanol–water partition coefficient (Wildman–Crippen LogP) is 2.21. The molecule has 148 valence electrons. The van der Waals surface area contributed by atoms with Crippen LogP contribution in [0.3, 0.4) is 0 Å². The summed E-state index contributed by atoms with van der Waals surface area (Å²) in [6.07, 6.45) is 4.13. The van der Waals surface area contributed by atoms with Gasteiger partial charge in [0, 0.05) is 31.7 Å². The van der Waals surface area contributed by atoms with Crippen LogP contribution in [0, 0.1) is 5.92 Å². The highest BCUT2D eigenvalue weighted by Gasteiger charge is 2.21. The minimum Gasteiger partial charge on any atom is -0.357 e. The fraction of sp³-hybridized carbons (Fsp3) is 0.619. The fourth-order valence-corrected chi connectivity index (χ4v) is 3.72. The molecule has 2 saturated heterocycles. The number of guanidine groups is 1. The lowest BCUT2D eigenvalue weighted by Gasteiger charge is -2.29. The maximum Gasteiger partial charge on any atom is 0.227 e. The van der Waals surface area contributed by atoms with E-state index in [2.05, 4.69) is 41.6 Å². The first kappa shape index (κ1) is 19.7. The molecule has 0 unspecified atom stereocenters. The van der Waals surface area contributed by atoms with E-state index in [1.807, 2.05) is 17.0 Å². The Morgan fingerprint density at radius 2 is 1.89 bits per heavy atom. The topological polar surface area (TPSA) is 60.0 Å². The van der Waals surface area contributed by atoms with Crippen LogP contribution in [0.15, 0.2) is 29.3 Å². The van der Waals surface area contributed by atoms with E-state index in [1.54, 1.807) is 0 Å². The van der Waals surface area contributed by atoms with Crippen molar-refractivity contribution in [1.29, 1.82) is 0 Å². The first-order valence-corrected chi connectivity index (χ1v) is 10.3. The molecule has 6 nitrogen and oxygen atoms in total. The second kappa shape index (κ2) is 9.74. The zero-order chi connectivity index (χ0) is 19.1. The molecule has 0 spiro atoms. The van der Waals surface area contributed by atoms with Crippen LogP contribution in [0.5, 0.6) is 0 Å². The van der Waals surface area contributed by atoms with E-state index in [-0.39, 0.29) is 5.91 Å². The Morgan fingerprint density at radius 1 is 1.15 bits per heavy atom. The molecule has 1 aromatic carbocycles. The van der Waals surface area contributed by atoms with Crippen LogP contribution in [0.25, 0.3) is 0 Å². The third-order valence-corrected chi connectivity index (χ3v) is 5.48. The number of rotatable bonds is 6. The third kappa shape index (κ3) is 5.70. The zero-order valence-electron chi connectivity index (χ0n) is 16.7. The average molecular weight is 372 g/mol. The normalized spacial score (nSPS) is 19.6. The van der Waals surface area contributed by atoms with Crippen LogP contribution >= 0.6 is 0 Å². The Balaban J connectivity index is 1.52. The Labute approximate surface area is 163 Å². The van der Waals surface area contributed by atoms with Gasteiger partial charge in [-0.25, -0.2) is 4.99 Å². The number of benzene rings is 1. The van der Waals surface area contributed by atoms with E-state index in [0.29, 0.717) is 13.0 Å². The second-order valence-corrected chi connectivity index (χ2v) is 7.64. The van der Waals surface area contributed by atoms with E-state index in [1.165, 1.54) is 25.9 Å². The summed E-state index contributed by atoms with van der Waals surface area (Å²) in [7, 11) is 2.19. The number of nitrogens with one attached hydrogen (secondary N) is 2. The van der Waals surface area contributed by atoms with Gasteiger partial charge in [-0.05, 0) is 69.9 Å². The van der Waals surface area contributed by atoms with Crippen molar-refractivity contribution >= 4 is 17.6 Å². The molecule has 2 aliphatic heterocycles. The molecule has 2 N–H and O–H groups in total. The molecule has 6 heteroatoms. The molecule has 27 heavy (non-hydrogen) atoms. The number of nitrogens with zero attached hydrogens (tertiary/aromatic N) is 3. The summed E-state index contributed by atoms with van der Waals surface area (Å²) in [6.45, 7) is 7.77. The quantitative estimate of drug-likeness (QED) is 0.595. The van der Waals surface area contributed by atoms with Gasteiger partial charge in [-0.15, -0.1) is 0 Å². The molecule has 1 aromatic rings. The molecule has 0 aromatic heterocycles. The number of amides is 1. The van der Waals surface area contributed by atoms with Gasteiger partial charge in [-0.3, -0.25) is 4.79 Å². The number of likely N-dealkylation sites (tertiary alicyclic amines) is 1. The molecule has 0 saturated carbocycles. The molecule has 2 aliphatic rings. The van der Waals surface area contributed by atoms with E-state index in [4.69, 9.17) is 4.99 Å². The van der Waals surface area contributed by atoms with Gasteiger partial charge in [0.1, 0.15) is 0 Å². The molecule has 3 rings (SSSR count). The maximum absolute atomic E-state index is 11.9. The summed E-state index contributed by atoms with van der Waals surface area (Å²) in [5.41, 5.74) is 2.15. The van der Waals surface area contributed by atoms with E-state index >= 15 is 0 Å². The summed E-state index contributed by atoms with van der Waals surface area (Å²) >= 11 is 0. The van der Waals surface area contributed by atoms with E-state index in [0.717, 1.165) is 49.2 Å². The van der Waals surface area contributed by atoms with Gasteiger partial charge in [0.25, 0.3) is 0 Å². The molecule has 2 fully saturated rings. The standard InChI is InChI=1S/C21H33N5O/c1-3-22-21(24-16-18-10-13-25(2)14-11-18)23-15-17-6-8-19(9-7-17)26-12-4-5-20(26)27/h6-9,18H,3-5,10-16H2,1-2H3,(H2,22,23,24). The smallest absolute Gasteiger partial charge is 0.227 e. The number of hydrogen-bond donors (Lipinski definition) is 2. The highest BCUT2D eigenvalue weighted by molar-refractivity contribution is 5.95. The molecule has 0 atom stereocenters. The zero-order valence-corrected chi connectivity index (χ0v) is 16.7. The number of carbonyl (C=O) groups excluding carboxylic acids is 1. The van der Waals surface area contributed by atoms with Gasteiger partial charge < -0.3 is 20.4 Å². The van der Waals surface area contributed by atoms with Crippen molar-refractivity contribution in [2.75, 3.05) is 44.7 Å². The van der Waals surface area contributed by atoms with Crippen LogP contribution in [0.4, 0.5) is 5.69 Å². The largest absolute Gasteiger partial charge is 0.357 e. The van der Waals surface area contributed by atoms with Crippen molar-refractivity contribution in [3.05, 3.63) is 29.8 Å². The highest BCUT2D eigenvalue weighted by Crippen LogP contribution is 2.21.